The van der Waals surface area contributed by atoms with Gasteiger partial charge in [0.05, 0.1) is 28.7 Å². The second kappa shape index (κ2) is 8.64. The third kappa shape index (κ3) is 3.68. The summed E-state index contributed by atoms with van der Waals surface area (Å²) in [5, 5.41) is 16.5. The van der Waals surface area contributed by atoms with Gasteiger partial charge in [-0.2, -0.15) is 5.10 Å². The predicted molar refractivity (Wildman–Crippen MR) is 132 cm³/mol. The summed E-state index contributed by atoms with van der Waals surface area (Å²) in [6, 6.07) is 28.0. The van der Waals surface area contributed by atoms with Crippen LogP contribution in [0.4, 0.5) is 5.69 Å². The lowest BCUT2D eigenvalue weighted by atomic mass is 10.0. The van der Waals surface area contributed by atoms with E-state index in [9.17, 15) is 4.79 Å². The number of hydrogen-bond acceptors (Lipinski definition) is 5. The molecule has 1 atom stereocenters. The Bertz CT molecular complexity index is 1510. The lowest BCUT2D eigenvalue weighted by Crippen LogP contribution is -2.55. The minimum absolute atomic E-state index is 0.172. The molecule has 3 heterocycles. The summed E-state index contributed by atoms with van der Waals surface area (Å²) in [5.74, 6) is 0.707. The first-order valence-corrected chi connectivity index (χ1v) is 11.9. The van der Waals surface area contributed by atoms with E-state index in [1.54, 1.807) is 10.9 Å². The molecule has 34 heavy (non-hydrogen) atoms. The number of thioether (sulfide) groups is 1. The van der Waals surface area contributed by atoms with Gasteiger partial charge in [0.25, 0.3) is 6.17 Å². The summed E-state index contributed by atoms with van der Waals surface area (Å²) in [4.78, 5) is 16.3. The Morgan fingerprint density at radius 3 is 2.47 bits per heavy atom. The number of aromatic amines is 2. The topological polar surface area (TPSA) is 90.3 Å². The van der Waals surface area contributed by atoms with Crippen molar-refractivity contribution in [1.82, 2.24) is 20.3 Å². The lowest BCUT2D eigenvalue weighted by molar-refractivity contribution is -0.759. The zero-order valence-corrected chi connectivity index (χ0v) is 18.9. The number of anilines is 1. The van der Waals surface area contributed by atoms with Crippen LogP contribution < -0.4 is 15.6 Å². The number of benzene rings is 3. The number of para-hydroxylation sites is 1. The molecular weight excluding hydrogens is 444 g/mol. The number of nitrogens with zero attached hydrogens (tertiary/aromatic N) is 3. The van der Waals surface area contributed by atoms with Crippen molar-refractivity contribution in [3.63, 3.8) is 0 Å². The molecule has 166 valence electrons. The number of hydrogen-bond donors (Lipinski definition) is 3. The van der Waals surface area contributed by atoms with Crippen LogP contribution in [0.5, 0.6) is 0 Å². The molecule has 0 saturated carbocycles. The zero-order chi connectivity index (χ0) is 22.9. The Kier molecular flexibility index (Phi) is 5.20. The van der Waals surface area contributed by atoms with Gasteiger partial charge in [-0.3, -0.25) is 14.9 Å². The van der Waals surface area contributed by atoms with Gasteiger partial charge in [-0.25, -0.2) is 0 Å². The van der Waals surface area contributed by atoms with Gasteiger partial charge in [-0.15, -0.1) is 0 Å². The number of H-pyrrole nitrogens is 2. The summed E-state index contributed by atoms with van der Waals surface area (Å²) in [5.41, 5.74) is 6.01. The van der Waals surface area contributed by atoms with Crippen LogP contribution in [0.3, 0.4) is 0 Å². The van der Waals surface area contributed by atoms with Gasteiger partial charge in [0.15, 0.2) is 0 Å². The third-order valence-corrected chi connectivity index (χ3v) is 6.76. The highest BCUT2D eigenvalue weighted by Gasteiger charge is 2.39. The van der Waals surface area contributed by atoms with E-state index in [-0.39, 0.29) is 5.56 Å². The fourth-order valence-electron chi connectivity index (χ4n) is 4.23. The Balaban J connectivity index is 1.47. The van der Waals surface area contributed by atoms with Gasteiger partial charge >= 0.3 is 11.3 Å². The molecule has 3 N–H and O–H groups in total. The van der Waals surface area contributed by atoms with Gasteiger partial charge in [0.1, 0.15) is 0 Å². The highest BCUT2D eigenvalue weighted by molar-refractivity contribution is 7.98. The number of rotatable bonds is 5. The first-order chi connectivity index (χ1) is 16.8. The second-order valence-corrected chi connectivity index (χ2v) is 8.95. The standard InChI is InChI=1S/C26H20N6OS/c33-25-23-19-13-7-8-14-21(19)28-24(20-15-27-30-22(20)18-11-5-2-6-12-18)32(23)31-26(29-25)34-16-17-9-3-1-4-10-17/h1-15,24H,16H2,(H2,27,29,30,31,33)/p+1/t24-/m1/s1. The van der Waals surface area contributed by atoms with Crippen molar-refractivity contribution in [3.05, 3.63) is 113 Å². The Morgan fingerprint density at radius 2 is 1.65 bits per heavy atom. The summed E-state index contributed by atoms with van der Waals surface area (Å²) >= 11 is 1.50. The van der Waals surface area contributed by atoms with Gasteiger partial charge in [-0.1, -0.05) is 84.6 Å². The van der Waals surface area contributed by atoms with Crippen LogP contribution in [0.25, 0.3) is 22.5 Å². The lowest BCUT2D eigenvalue weighted by Gasteiger charge is -2.22. The van der Waals surface area contributed by atoms with Crippen LogP contribution in [-0.2, 0) is 5.75 Å². The van der Waals surface area contributed by atoms with Crippen LogP contribution in [0, 0.1) is 0 Å². The molecule has 0 saturated heterocycles. The van der Waals surface area contributed by atoms with E-state index in [0.717, 1.165) is 28.1 Å². The monoisotopic (exact) mass is 465 g/mol. The average molecular weight is 466 g/mol. The van der Waals surface area contributed by atoms with Gasteiger partial charge in [0, 0.05) is 16.4 Å². The minimum Gasteiger partial charge on any atom is -0.321 e. The Hall–Kier alpha value is -4.17. The molecule has 1 aliphatic heterocycles. The Labute approximate surface area is 199 Å². The van der Waals surface area contributed by atoms with Gasteiger partial charge < -0.3 is 5.32 Å². The molecule has 0 aliphatic carbocycles. The molecule has 0 amide bonds. The summed E-state index contributed by atoms with van der Waals surface area (Å²) in [6.07, 6.45) is 1.39. The van der Waals surface area contributed by atoms with E-state index >= 15 is 0 Å². The van der Waals surface area contributed by atoms with Crippen molar-refractivity contribution in [1.29, 1.82) is 0 Å². The molecule has 5 aromatic rings. The molecule has 0 spiro atoms. The van der Waals surface area contributed by atoms with Crippen molar-refractivity contribution in [2.24, 2.45) is 0 Å². The van der Waals surface area contributed by atoms with E-state index < -0.39 is 6.17 Å². The van der Waals surface area contributed by atoms with Crippen LogP contribution in [0.2, 0.25) is 0 Å². The molecule has 6 rings (SSSR count). The second-order valence-electron chi connectivity index (χ2n) is 7.99. The number of fused-ring (bicyclic) bond motifs is 3. The van der Waals surface area contributed by atoms with Crippen LogP contribution >= 0.6 is 11.8 Å². The average Bonchev–Trinajstić information content (AvgIpc) is 3.38. The fourth-order valence-corrected chi connectivity index (χ4v) is 5.04. The van der Waals surface area contributed by atoms with Gasteiger partial charge in [0.2, 0.25) is 5.16 Å². The first-order valence-electron chi connectivity index (χ1n) is 11.0. The highest BCUT2D eigenvalue weighted by atomic mass is 32.2. The molecule has 7 nitrogen and oxygen atoms in total. The SMILES string of the molecule is O=c1[nH]c(SCc2ccccc2)n[n+]2c1-c1ccccc1N[C@H]2c1cn[nH]c1-c1ccccc1. The predicted octanol–water partition coefficient (Wildman–Crippen LogP) is 4.38. The maximum absolute atomic E-state index is 13.3. The molecule has 0 fully saturated rings. The molecule has 3 aromatic carbocycles. The summed E-state index contributed by atoms with van der Waals surface area (Å²) in [6.45, 7) is 0. The first kappa shape index (κ1) is 20.4. The van der Waals surface area contributed by atoms with Crippen LogP contribution in [-0.4, -0.2) is 20.3 Å². The summed E-state index contributed by atoms with van der Waals surface area (Å²) < 4.78 is 1.78. The van der Waals surface area contributed by atoms with Crippen LogP contribution in [0.1, 0.15) is 17.3 Å². The molecule has 0 bridgehead atoms. The number of aromatic nitrogens is 5. The van der Waals surface area contributed by atoms with E-state index in [4.69, 9.17) is 5.10 Å². The van der Waals surface area contributed by atoms with E-state index in [1.807, 2.05) is 72.8 Å². The van der Waals surface area contributed by atoms with Crippen molar-refractivity contribution >= 4 is 17.4 Å². The van der Waals surface area contributed by atoms with Crippen molar-refractivity contribution < 1.29 is 4.68 Å². The molecule has 2 aromatic heterocycles. The zero-order valence-electron chi connectivity index (χ0n) is 18.1. The number of nitrogens with one attached hydrogen (secondary N) is 3. The molecule has 8 heteroatoms. The van der Waals surface area contributed by atoms with E-state index in [0.29, 0.717) is 16.6 Å². The molecule has 0 radical (unpaired) electrons. The highest BCUT2D eigenvalue weighted by Crippen LogP contribution is 2.34. The van der Waals surface area contributed by atoms with Crippen molar-refractivity contribution in [3.8, 4) is 22.5 Å². The van der Waals surface area contributed by atoms with Crippen molar-refractivity contribution in [2.45, 2.75) is 17.1 Å². The van der Waals surface area contributed by atoms with Gasteiger partial charge in [-0.05, 0) is 22.4 Å². The third-order valence-electron chi connectivity index (χ3n) is 5.83. The van der Waals surface area contributed by atoms with Crippen molar-refractivity contribution in [2.75, 3.05) is 5.32 Å². The quantitative estimate of drug-likeness (QED) is 0.265. The largest absolute Gasteiger partial charge is 0.325 e. The van der Waals surface area contributed by atoms with E-state index in [2.05, 4.69) is 32.6 Å². The van der Waals surface area contributed by atoms with Crippen LogP contribution in [0.15, 0.2) is 101 Å². The molecule has 0 unspecified atom stereocenters. The summed E-state index contributed by atoms with van der Waals surface area (Å²) in [7, 11) is 0. The maximum Gasteiger partial charge on any atom is 0.325 e. The normalized spacial score (nSPS) is 14.2. The maximum atomic E-state index is 13.3. The Morgan fingerprint density at radius 1 is 0.912 bits per heavy atom. The van der Waals surface area contributed by atoms with E-state index in [1.165, 1.54) is 17.3 Å². The molecular formula is C26H21N6OS+. The molecule has 1 aliphatic rings. The smallest absolute Gasteiger partial charge is 0.321 e. The fraction of sp³-hybridized carbons (Fsp3) is 0.0769. The minimum atomic E-state index is -0.405.